The van der Waals surface area contributed by atoms with Crippen molar-refractivity contribution in [2.45, 2.75) is 78.6 Å². The Morgan fingerprint density at radius 3 is 2.00 bits per heavy atom. The molecule has 1 fully saturated rings. The van der Waals surface area contributed by atoms with Gasteiger partial charge in [0.05, 0.1) is 12.2 Å². The number of morpholine rings is 1. The van der Waals surface area contributed by atoms with Gasteiger partial charge in [0.15, 0.2) is 0 Å². The molecule has 138 valence electrons. The molecule has 1 unspecified atom stereocenters. The number of ether oxygens (including phenoxy) is 1. The van der Waals surface area contributed by atoms with Crippen molar-refractivity contribution in [3.05, 3.63) is 35.4 Å². The lowest BCUT2D eigenvalue weighted by molar-refractivity contribution is -0.0862. The second kappa shape index (κ2) is 8.69. The molecule has 24 heavy (non-hydrogen) atoms. The van der Waals surface area contributed by atoms with Gasteiger partial charge in [0.2, 0.25) is 0 Å². The van der Waals surface area contributed by atoms with E-state index < -0.39 is 0 Å². The molecule has 1 aromatic rings. The molecule has 0 N–H and O–H groups in total. The third kappa shape index (κ3) is 4.97. The van der Waals surface area contributed by atoms with Gasteiger partial charge in [-0.3, -0.25) is 4.90 Å². The fourth-order valence-electron chi connectivity index (χ4n) is 3.80. The fourth-order valence-corrected chi connectivity index (χ4v) is 3.80. The van der Waals surface area contributed by atoms with Crippen molar-refractivity contribution in [2.75, 3.05) is 13.1 Å². The Hall–Kier alpha value is -0.570. The van der Waals surface area contributed by atoms with Gasteiger partial charge in [-0.05, 0) is 42.7 Å². The van der Waals surface area contributed by atoms with Gasteiger partial charge in [-0.1, -0.05) is 58.9 Å². The van der Waals surface area contributed by atoms with Gasteiger partial charge in [0.25, 0.3) is 0 Å². The summed E-state index contributed by atoms with van der Waals surface area (Å²) in [6.07, 6.45) is 1.80. The first kappa shape index (κ1) is 21.5. The maximum Gasteiger partial charge on any atom is 0.0678 e. The molecule has 2 nitrogen and oxygen atoms in total. The molecular weight excluding hydrogens is 318 g/mol. The molecule has 0 radical (unpaired) electrons. The van der Waals surface area contributed by atoms with Gasteiger partial charge in [0.1, 0.15) is 0 Å². The summed E-state index contributed by atoms with van der Waals surface area (Å²) in [5, 5.41) is 0. The number of rotatable bonds is 5. The minimum absolute atomic E-state index is 0. The number of hydrogen-bond donors (Lipinski definition) is 0. The summed E-state index contributed by atoms with van der Waals surface area (Å²) in [4.78, 5) is 2.61. The van der Waals surface area contributed by atoms with Crippen molar-refractivity contribution in [3.63, 3.8) is 0 Å². The highest BCUT2D eigenvalue weighted by Gasteiger charge is 2.30. The molecule has 0 amide bonds. The number of hydrogen-bond acceptors (Lipinski definition) is 2. The zero-order chi connectivity index (χ0) is 17.2. The quantitative estimate of drug-likeness (QED) is 0.682. The Labute approximate surface area is 155 Å². The number of nitrogens with zero attached hydrogens (tertiary/aromatic N) is 1. The molecule has 3 heteroatoms. The second-order valence-electron chi connectivity index (χ2n) is 8.26. The fraction of sp³-hybridized carbons (Fsp3) is 0.714. The molecular formula is C21H36ClNO. The van der Waals surface area contributed by atoms with Gasteiger partial charge in [-0.2, -0.15) is 0 Å². The third-order valence-electron chi connectivity index (χ3n) is 5.39. The van der Waals surface area contributed by atoms with Gasteiger partial charge in [0, 0.05) is 19.1 Å². The van der Waals surface area contributed by atoms with Crippen molar-refractivity contribution < 1.29 is 4.74 Å². The standard InChI is InChI=1S/C21H35NO.ClH/c1-8-21(6,7)19-11-9-18(10-12-19)20(15(2)3)22-13-16(4)23-17(5)14-22;/h9-12,15-17,20H,8,13-14H2,1-7H3;1H/t16-,17+,20?;. The smallest absolute Gasteiger partial charge is 0.0678 e. The topological polar surface area (TPSA) is 12.5 Å². The van der Waals surface area contributed by atoms with E-state index in [1.54, 1.807) is 0 Å². The molecule has 0 bridgehead atoms. The summed E-state index contributed by atoms with van der Waals surface area (Å²) in [7, 11) is 0. The Morgan fingerprint density at radius 1 is 1.08 bits per heavy atom. The maximum atomic E-state index is 5.92. The molecule has 1 aromatic carbocycles. The second-order valence-corrected chi connectivity index (χ2v) is 8.26. The first-order valence-electron chi connectivity index (χ1n) is 9.24. The molecule has 3 atom stereocenters. The van der Waals surface area contributed by atoms with E-state index in [1.165, 1.54) is 17.5 Å². The summed E-state index contributed by atoms with van der Waals surface area (Å²) in [5.74, 6) is 0.595. The van der Waals surface area contributed by atoms with Gasteiger partial charge in [-0.25, -0.2) is 0 Å². The highest BCUT2D eigenvalue weighted by atomic mass is 35.5. The Bertz CT molecular complexity index is 487. The maximum absolute atomic E-state index is 5.92. The summed E-state index contributed by atoms with van der Waals surface area (Å²) in [6, 6.07) is 9.84. The van der Waals surface area contributed by atoms with Crippen LogP contribution in [-0.2, 0) is 10.2 Å². The Morgan fingerprint density at radius 2 is 1.58 bits per heavy atom. The SMILES string of the molecule is CCC(C)(C)c1ccc(C(C(C)C)N2C[C@@H](C)O[C@@H](C)C2)cc1.Cl. The van der Waals surface area contributed by atoms with E-state index >= 15 is 0 Å². The van der Waals surface area contributed by atoms with Crippen LogP contribution in [0, 0.1) is 5.92 Å². The van der Waals surface area contributed by atoms with E-state index in [-0.39, 0.29) is 17.8 Å². The van der Waals surface area contributed by atoms with E-state index in [1.807, 2.05) is 0 Å². The molecule has 1 aliphatic rings. The predicted octanol–water partition coefficient (Wildman–Crippen LogP) is 5.60. The highest BCUT2D eigenvalue weighted by molar-refractivity contribution is 5.85. The van der Waals surface area contributed by atoms with Crippen LogP contribution in [0.15, 0.2) is 24.3 Å². The summed E-state index contributed by atoms with van der Waals surface area (Å²) in [6.45, 7) is 18.0. The minimum atomic E-state index is 0. The van der Waals surface area contributed by atoms with Crippen LogP contribution in [-0.4, -0.2) is 30.2 Å². The summed E-state index contributed by atoms with van der Waals surface area (Å²) < 4.78 is 5.92. The lowest BCUT2D eigenvalue weighted by Crippen LogP contribution is -2.48. The van der Waals surface area contributed by atoms with E-state index in [9.17, 15) is 0 Å². The van der Waals surface area contributed by atoms with Crippen molar-refractivity contribution in [2.24, 2.45) is 5.92 Å². The summed E-state index contributed by atoms with van der Waals surface area (Å²) >= 11 is 0. The van der Waals surface area contributed by atoms with E-state index in [0.717, 1.165) is 13.1 Å². The minimum Gasteiger partial charge on any atom is -0.373 e. The van der Waals surface area contributed by atoms with Gasteiger partial charge >= 0.3 is 0 Å². The number of halogens is 1. The van der Waals surface area contributed by atoms with Crippen LogP contribution in [0.4, 0.5) is 0 Å². The lowest BCUT2D eigenvalue weighted by atomic mass is 9.81. The van der Waals surface area contributed by atoms with Crippen LogP contribution in [0.3, 0.4) is 0 Å². The largest absolute Gasteiger partial charge is 0.373 e. The molecule has 2 rings (SSSR count). The van der Waals surface area contributed by atoms with E-state index in [4.69, 9.17) is 4.74 Å². The molecule has 1 saturated heterocycles. The molecule has 1 heterocycles. The number of benzene rings is 1. The van der Waals surface area contributed by atoms with Gasteiger partial charge < -0.3 is 4.74 Å². The first-order chi connectivity index (χ1) is 10.7. The van der Waals surface area contributed by atoms with Crippen LogP contribution in [0.1, 0.15) is 72.1 Å². The van der Waals surface area contributed by atoms with Crippen molar-refractivity contribution in [1.29, 1.82) is 0 Å². The molecule has 1 aliphatic heterocycles. The van der Waals surface area contributed by atoms with E-state index in [2.05, 4.69) is 77.6 Å². The van der Waals surface area contributed by atoms with Crippen LogP contribution >= 0.6 is 12.4 Å². The summed E-state index contributed by atoms with van der Waals surface area (Å²) in [5.41, 5.74) is 3.14. The third-order valence-corrected chi connectivity index (χ3v) is 5.39. The normalized spacial score (nSPS) is 23.8. The predicted molar refractivity (Wildman–Crippen MR) is 106 cm³/mol. The van der Waals surface area contributed by atoms with Crippen LogP contribution < -0.4 is 0 Å². The van der Waals surface area contributed by atoms with Crippen molar-refractivity contribution in [1.82, 2.24) is 4.90 Å². The first-order valence-corrected chi connectivity index (χ1v) is 9.24. The lowest BCUT2D eigenvalue weighted by Gasteiger charge is -2.42. The highest BCUT2D eigenvalue weighted by Crippen LogP contribution is 2.33. The monoisotopic (exact) mass is 353 g/mol. The van der Waals surface area contributed by atoms with Crippen LogP contribution in [0.25, 0.3) is 0 Å². The van der Waals surface area contributed by atoms with Gasteiger partial charge in [-0.15, -0.1) is 12.4 Å². The molecule has 0 aliphatic carbocycles. The van der Waals surface area contributed by atoms with Crippen LogP contribution in [0.5, 0.6) is 0 Å². The van der Waals surface area contributed by atoms with Crippen molar-refractivity contribution >= 4 is 12.4 Å². The zero-order valence-corrected chi connectivity index (χ0v) is 17.3. The van der Waals surface area contributed by atoms with Crippen LogP contribution in [0.2, 0.25) is 0 Å². The molecule has 0 spiro atoms. The Balaban J connectivity index is 0.00000288. The molecule has 0 saturated carbocycles. The average molecular weight is 354 g/mol. The molecule has 0 aromatic heterocycles. The average Bonchev–Trinajstić information content (AvgIpc) is 2.46. The Kier molecular flexibility index (Phi) is 7.77. The zero-order valence-electron chi connectivity index (χ0n) is 16.5. The van der Waals surface area contributed by atoms with E-state index in [0.29, 0.717) is 24.2 Å². The van der Waals surface area contributed by atoms with Crippen molar-refractivity contribution in [3.8, 4) is 0 Å².